The zero-order valence-corrected chi connectivity index (χ0v) is 13.4. The van der Waals surface area contributed by atoms with Crippen molar-refractivity contribution in [3.8, 4) is 0 Å². The Kier molecular flexibility index (Phi) is 4.01. The lowest BCUT2D eigenvalue weighted by atomic mass is 10.1. The molecule has 0 radical (unpaired) electrons. The van der Waals surface area contributed by atoms with Crippen molar-refractivity contribution in [3.05, 3.63) is 46.1 Å². The lowest BCUT2D eigenvalue weighted by molar-refractivity contribution is -0.141. The number of carboxylic acid groups (broad SMARTS) is 1. The van der Waals surface area contributed by atoms with Crippen molar-refractivity contribution in [2.75, 3.05) is 0 Å². The fourth-order valence-corrected chi connectivity index (χ4v) is 3.34. The molecular weight excluding hydrogens is 336 g/mol. The van der Waals surface area contributed by atoms with Gasteiger partial charge in [0.25, 0.3) is 0 Å². The number of carbonyl (C=O) groups is 1. The van der Waals surface area contributed by atoms with Gasteiger partial charge >= 0.3 is 11.7 Å². The number of aliphatic carboxylic acids is 1. The van der Waals surface area contributed by atoms with E-state index in [4.69, 9.17) is 5.14 Å². The van der Waals surface area contributed by atoms with Crippen LogP contribution >= 0.6 is 0 Å². The maximum absolute atomic E-state index is 12.4. The molecular formula is C14H16N4O5S. The van der Waals surface area contributed by atoms with Crippen LogP contribution in [-0.4, -0.2) is 33.8 Å². The van der Waals surface area contributed by atoms with Gasteiger partial charge in [0.2, 0.25) is 10.0 Å². The topological polar surface area (TPSA) is 137 Å². The molecule has 0 spiro atoms. The Morgan fingerprint density at radius 1 is 1.33 bits per heavy atom. The Labute approximate surface area is 137 Å². The summed E-state index contributed by atoms with van der Waals surface area (Å²) in [4.78, 5) is 23.7. The summed E-state index contributed by atoms with van der Waals surface area (Å²) in [5.74, 6) is -0.588. The summed E-state index contributed by atoms with van der Waals surface area (Å²) in [5, 5.41) is 18.5. The van der Waals surface area contributed by atoms with E-state index in [1.807, 2.05) is 0 Å². The predicted molar refractivity (Wildman–Crippen MR) is 83.0 cm³/mol. The van der Waals surface area contributed by atoms with E-state index >= 15 is 0 Å². The van der Waals surface area contributed by atoms with E-state index in [9.17, 15) is 23.1 Å². The Morgan fingerprint density at radius 3 is 2.58 bits per heavy atom. The minimum atomic E-state index is -3.77. The van der Waals surface area contributed by atoms with Gasteiger partial charge in [-0.2, -0.15) is 5.10 Å². The molecule has 2 aromatic rings. The zero-order chi connectivity index (χ0) is 17.5. The molecule has 0 fully saturated rings. The highest BCUT2D eigenvalue weighted by Crippen LogP contribution is 2.22. The molecule has 24 heavy (non-hydrogen) atoms. The molecule has 0 aliphatic carbocycles. The molecule has 3 rings (SSSR count). The largest absolute Gasteiger partial charge is 0.480 e. The number of hydrogen-bond acceptors (Lipinski definition) is 5. The first-order valence-corrected chi connectivity index (χ1v) is 8.85. The van der Waals surface area contributed by atoms with E-state index in [1.165, 1.54) is 21.4 Å². The summed E-state index contributed by atoms with van der Waals surface area (Å²) in [5.41, 5.74) is 0.180. The third kappa shape index (κ3) is 2.97. The normalized spacial score (nSPS) is 17.5. The third-order valence-electron chi connectivity index (χ3n) is 4.00. The SMILES string of the molecule is NS(=O)(=O)c1ccc(Cn2nc3n(c2=O)C(C(=O)O)CCC3)cc1. The number of aryl methyl sites for hydroxylation is 1. The molecule has 1 aliphatic heterocycles. The van der Waals surface area contributed by atoms with Crippen LogP contribution in [0.4, 0.5) is 0 Å². The molecule has 1 unspecified atom stereocenters. The average molecular weight is 352 g/mol. The molecule has 0 amide bonds. The van der Waals surface area contributed by atoms with Crippen LogP contribution in [0.3, 0.4) is 0 Å². The van der Waals surface area contributed by atoms with Crippen molar-refractivity contribution in [1.29, 1.82) is 0 Å². The fourth-order valence-electron chi connectivity index (χ4n) is 2.83. The monoisotopic (exact) mass is 352 g/mol. The smallest absolute Gasteiger partial charge is 0.347 e. The van der Waals surface area contributed by atoms with Crippen molar-refractivity contribution < 1.29 is 18.3 Å². The molecule has 3 N–H and O–H groups in total. The van der Waals surface area contributed by atoms with E-state index in [0.29, 0.717) is 30.7 Å². The second-order valence-electron chi connectivity index (χ2n) is 5.66. The first kappa shape index (κ1) is 16.4. The fraction of sp³-hybridized carbons (Fsp3) is 0.357. The number of hydrogen-bond donors (Lipinski definition) is 2. The van der Waals surface area contributed by atoms with Gasteiger partial charge in [-0.05, 0) is 30.5 Å². The number of primary sulfonamides is 1. The second kappa shape index (κ2) is 5.87. The standard InChI is InChI=1S/C14H16N4O5S/c15-24(22,23)10-6-4-9(5-7-10)8-17-14(21)18-11(13(19)20)2-1-3-12(18)16-17/h4-7,11H,1-3,8H2,(H,19,20)(H2,15,22,23). The van der Waals surface area contributed by atoms with Gasteiger partial charge in [-0.1, -0.05) is 12.1 Å². The minimum Gasteiger partial charge on any atom is -0.480 e. The van der Waals surface area contributed by atoms with Crippen LogP contribution in [0.2, 0.25) is 0 Å². The van der Waals surface area contributed by atoms with Crippen LogP contribution < -0.4 is 10.8 Å². The van der Waals surface area contributed by atoms with Crippen LogP contribution in [0.1, 0.15) is 30.3 Å². The average Bonchev–Trinajstić information content (AvgIpc) is 2.83. The summed E-state index contributed by atoms with van der Waals surface area (Å²) in [6.45, 7) is 0.121. The van der Waals surface area contributed by atoms with Gasteiger partial charge in [0, 0.05) is 6.42 Å². The van der Waals surface area contributed by atoms with Crippen molar-refractivity contribution in [1.82, 2.24) is 14.3 Å². The van der Waals surface area contributed by atoms with Crippen molar-refractivity contribution >= 4 is 16.0 Å². The van der Waals surface area contributed by atoms with E-state index in [0.717, 1.165) is 0 Å². The van der Waals surface area contributed by atoms with Crippen LogP contribution in [-0.2, 0) is 27.8 Å². The van der Waals surface area contributed by atoms with Crippen LogP contribution in [0.15, 0.2) is 34.0 Å². The molecule has 1 aliphatic rings. The Bertz CT molecular complexity index is 943. The highest BCUT2D eigenvalue weighted by atomic mass is 32.2. The Balaban J connectivity index is 1.92. The number of nitrogens with zero attached hydrogens (tertiary/aromatic N) is 3. The first-order valence-electron chi connectivity index (χ1n) is 7.30. The van der Waals surface area contributed by atoms with Crippen LogP contribution in [0.5, 0.6) is 0 Å². The van der Waals surface area contributed by atoms with Gasteiger partial charge in [-0.3, -0.25) is 4.57 Å². The molecule has 1 aromatic heterocycles. The van der Waals surface area contributed by atoms with Gasteiger partial charge in [0.1, 0.15) is 11.9 Å². The maximum Gasteiger partial charge on any atom is 0.347 e. The van der Waals surface area contributed by atoms with Crippen molar-refractivity contribution in [2.24, 2.45) is 5.14 Å². The number of benzene rings is 1. The molecule has 2 heterocycles. The minimum absolute atomic E-state index is 0.0197. The second-order valence-corrected chi connectivity index (χ2v) is 7.22. The van der Waals surface area contributed by atoms with Crippen molar-refractivity contribution in [3.63, 3.8) is 0 Å². The number of nitrogens with two attached hydrogens (primary N) is 1. The highest BCUT2D eigenvalue weighted by molar-refractivity contribution is 7.89. The summed E-state index contributed by atoms with van der Waals surface area (Å²) in [6.07, 6.45) is 1.61. The quantitative estimate of drug-likeness (QED) is 0.775. The molecule has 1 atom stereocenters. The molecule has 9 nitrogen and oxygen atoms in total. The van der Waals surface area contributed by atoms with E-state index in [-0.39, 0.29) is 11.4 Å². The maximum atomic E-state index is 12.4. The summed E-state index contributed by atoms with van der Waals surface area (Å²) < 4.78 is 24.9. The summed E-state index contributed by atoms with van der Waals surface area (Å²) in [7, 11) is -3.77. The first-order chi connectivity index (χ1) is 11.3. The number of aromatic nitrogens is 3. The number of carboxylic acids is 1. The summed E-state index contributed by atoms with van der Waals surface area (Å²) in [6, 6.07) is 4.90. The lowest BCUT2D eigenvalue weighted by Gasteiger charge is -2.19. The van der Waals surface area contributed by atoms with Gasteiger partial charge in [-0.25, -0.2) is 27.8 Å². The molecule has 128 valence electrons. The molecule has 0 saturated carbocycles. The zero-order valence-electron chi connectivity index (χ0n) is 12.6. The van der Waals surface area contributed by atoms with E-state index in [1.54, 1.807) is 12.1 Å². The van der Waals surface area contributed by atoms with Gasteiger partial charge in [0.15, 0.2) is 0 Å². The van der Waals surface area contributed by atoms with Crippen LogP contribution in [0, 0.1) is 0 Å². The highest BCUT2D eigenvalue weighted by Gasteiger charge is 2.30. The van der Waals surface area contributed by atoms with Crippen molar-refractivity contribution in [2.45, 2.75) is 36.7 Å². The molecule has 0 bridgehead atoms. The molecule has 10 heteroatoms. The summed E-state index contributed by atoms with van der Waals surface area (Å²) >= 11 is 0. The third-order valence-corrected chi connectivity index (χ3v) is 4.93. The number of rotatable bonds is 4. The van der Waals surface area contributed by atoms with Gasteiger partial charge in [0.05, 0.1) is 11.4 Å². The Hall–Kier alpha value is -2.46. The number of sulfonamides is 1. The lowest BCUT2D eigenvalue weighted by Crippen LogP contribution is -2.34. The molecule has 0 saturated heterocycles. The van der Waals surface area contributed by atoms with Gasteiger partial charge in [-0.15, -0.1) is 0 Å². The van der Waals surface area contributed by atoms with E-state index < -0.39 is 27.7 Å². The van der Waals surface area contributed by atoms with E-state index in [2.05, 4.69) is 5.10 Å². The Morgan fingerprint density at radius 2 is 2.00 bits per heavy atom. The number of fused-ring (bicyclic) bond motifs is 1. The van der Waals surface area contributed by atoms with Crippen LogP contribution in [0.25, 0.3) is 0 Å². The van der Waals surface area contributed by atoms with Gasteiger partial charge < -0.3 is 5.11 Å². The molecule has 1 aromatic carbocycles. The predicted octanol–water partition coefficient (Wildman–Crippen LogP) is -0.298.